The number of likely N-dealkylation sites (N-methyl/N-ethyl adjacent to an activating group) is 1. The molecule has 0 N–H and O–H groups in total. The Balaban J connectivity index is 2.01. The zero-order valence-corrected chi connectivity index (χ0v) is 17.9. The van der Waals surface area contributed by atoms with Gasteiger partial charge >= 0.3 is 6.09 Å². The van der Waals surface area contributed by atoms with Gasteiger partial charge in [-0.2, -0.15) is 0 Å². The molecule has 0 radical (unpaired) electrons. The van der Waals surface area contributed by atoms with Crippen LogP contribution in [0.2, 0.25) is 0 Å². The molecule has 2 rings (SSSR count). The van der Waals surface area contributed by atoms with Gasteiger partial charge in [-0.25, -0.2) is 4.79 Å². The average molecular weight is 392 g/mol. The van der Waals surface area contributed by atoms with Gasteiger partial charge < -0.3 is 24.2 Å². The number of carbonyl (C=O) groups is 2. The van der Waals surface area contributed by atoms with Crippen LogP contribution in [0.1, 0.15) is 34.1 Å². The van der Waals surface area contributed by atoms with Crippen LogP contribution < -0.4 is 9.64 Å². The van der Waals surface area contributed by atoms with Gasteiger partial charge in [0.2, 0.25) is 5.91 Å². The summed E-state index contributed by atoms with van der Waals surface area (Å²) < 4.78 is 10.8. The smallest absolute Gasteiger partial charge is 0.410 e. The Kier molecular flexibility index (Phi) is 7.16. The summed E-state index contributed by atoms with van der Waals surface area (Å²) in [5.41, 5.74) is 0.455. The van der Waals surface area contributed by atoms with Crippen LogP contribution in [-0.2, 0) is 9.53 Å². The highest BCUT2D eigenvalue weighted by Crippen LogP contribution is 2.29. The summed E-state index contributed by atoms with van der Waals surface area (Å²) in [4.78, 5) is 30.4. The molecule has 1 heterocycles. The molecule has 0 unspecified atom stereocenters. The highest BCUT2D eigenvalue weighted by molar-refractivity contribution is 5.82. The highest BCUT2D eigenvalue weighted by atomic mass is 16.6. The van der Waals surface area contributed by atoms with Gasteiger partial charge in [0.25, 0.3) is 0 Å². The standard InChI is InChI=1S/C21H33N3O4/c1-16-11-12-23(17-9-7-8-10-18(17)27-6)13-14-24(16)19(25)15-22(5)20(26)28-21(2,3)4/h7-10,16H,11-15H2,1-6H3/t16-/m0/s1. The van der Waals surface area contributed by atoms with E-state index in [1.807, 2.05) is 49.9 Å². The number of hydrogen-bond donors (Lipinski definition) is 0. The predicted octanol–water partition coefficient (Wildman–Crippen LogP) is 2.99. The summed E-state index contributed by atoms with van der Waals surface area (Å²) in [5.74, 6) is 0.766. The molecule has 2 amide bonds. The van der Waals surface area contributed by atoms with E-state index in [0.717, 1.165) is 24.4 Å². The number of carbonyl (C=O) groups excluding carboxylic acids is 2. The fourth-order valence-electron chi connectivity index (χ4n) is 3.26. The first-order valence-electron chi connectivity index (χ1n) is 9.74. The highest BCUT2D eigenvalue weighted by Gasteiger charge is 2.28. The Labute approximate surface area is 168 Å². The maximum atomic E-state index is 12.8. The van der Waals surface area contributed by atoms with Crippen molar-refractivity contribution in [1.82, 2.24) is 9.80 Å². The maximum Gasteiger partial charge on any atom is 0.410 e. The molecule has 1 atom stereocenters. The Morgan fingerprint density at radius 1 is 1.18 bits per heavy atom. The van der Waals surface area contributed by atoms with Gasteiger partial charge in [-0.05, 0) is 46.2 Å². The molecule has 1 aliphatic rings. The molecular weight excluding hydrogens is 358 g/mol. The number of amides is 2. The van der Waals surface area contributed by atoms with E-state index in [1.165, 1.54) is 4.90 Å². The molecule has 7 heteroatoms. The van der Waals surface area contributed by atoms with Crippen LogP contribution in [-0.4, -0.2) is 73.8 Å². The number of para-hydroxylation sites is 2. The quantitative estimate of drug-likeness (QED) is 0.790. The van der Waals surface area contributed by atoms with Gasteiger partial charge in [0.1, 0.15) is 17.9 Å². The van der Waals surface area contributed by atoms with Crippen LogP contribution in [0.3, 0.4) is 0 Å². The van der Waals surface area contributed by atoms with Crippen molar-refractivity contribution in [3.63, 3.8) is 0 Å². The van der Waals surface area contributed by atoms with Crippen LogP contribution in [0.4, 0.5) is 10.5 Å². The fraction of sp³-hybridized carbons (Fsp3) is 0.619. The summed E-state index contributed by atoms with van der Waals surface area (Å²) in [6.45, 7) is 9.64. The van der Waals surface area contributed by atoms with Gasteiger partial charge in [-0.3, -0.25) is 4.79 Å². The lowest BCUT2D eigenvalue weighted by Gasteiger charge is -2.30. The average Bonchev–Trinajstić information content (AvgIpc) is 2.81. The number of rotatable bonds is 4. The van der Waals surface area contributed by atoms with Crippen molar-refractivity contribution in [2.75, 3.05) is 45.2 Å². The molecule has 1 aromatic rings. The van der Waals surface area contributed by atoms with E-state index in [0.29, 0.717) is 13.1 Å². The summed E-state index contributed by atoms with van der Waals surface area (Å²) in [7, 11) is 3.26. The number of hydrogen-bond acceptors (Lipinski definition) is 5. The Morgan fingerprint density at radius 2 is 1.86 bits per heavy atom. The van der Waals surface area contributed by atoms with Crippen LogP contribution in [0.5, 0.6) is 5.75 Å². The molecule has 0 aromatic heterocycles. The molecule has 28 heavy (non-hydrogen) atoms. The van der Waals surface area contributed by atoms with Crippen molar-refractivity contribution in [2.24, 2.45) is 0 Å². The third-order valence-electron chi connectivity index (χ3n) is 4.78. The van der Waals surface area contributed by atoms with E-state index in [1.54, 1.807) is 14.2 Å². The van der Waals surface area contributed by atoms with Crippen LogP contribution in [0, 0.1) is 0 Å². The molecule has 0 bridgehead atoms. The van der Waals surface area contributed by atoms with Gasteiger partial charge in [0.15, 0.2) is 0 Å². The van der Waals surface area contributed by atoms with Crippen molar-refractivity contribution >= 4 is 17.7 Å². The van der Waals surface area contributed by atoms with Crippen molar-refractivity contribution in [2.45, 2.75) is 45.8 Å². The second kappa shape index (κ2) is 9.17. The SMILES string of the molecule is COc1ccccc1N1CC[C@H](C)N(C(=O)CN(C)C(=O)OC(C)(C)C)CC1. The van der Waals surface area contributed by atoms with E-state index in [4.69, 9.17) is 9.47 Å². The first-order chi connectivity index (χ1) is 13.1. The summed E-state index contributed by atoms with van der Waals surface area (Å²) in [6, 6.07) is 8.02. The van der Waals surface area contributed by atoms with E-state index in [9.17, 15) is 9.59 Å². The summed E-state index contributed by atoms with van der Waals surface area (Å²) >= 11 is 0. The monoisotopic (exact) mass is 391 g/mol. The van der Waals surface area contributed by atoms with E-state index in [-0.39, 0.29) is 18.5 Å². The van der Waals surface area contributed by atoms with E-state index in [2.05, 4.69) is 11.8 Å². The Hall–Kier alpha value is -2.44. The summed E-state index contributed by atoms with van der Waals surface area (Å²) in [6.07, 6.45) is 0.360. The molecule has 0 spiro atoms. The number of nitrogens with zero attached hydrogens (tertiary/aromatic N) is 3. The molecule has 1 aromatic carbocycles. The molecule has 1 saturated heterocycles. The lowest BCUT2D eigenvalue weighted by molar-refractivity contribution is -0.133. The number of benzene rings is 1. The predicted molar refractivity (Wildman–Crippen MR) is 110 cm³/mol. The zero-order valence-electron chi connectivity index (χ0n) is 17.9. The third kappa shape index (κ3) is 5.78. The largest absolute Gasteiger partial charge is 0.495 e. The van der Waals surface area contributed by atoms with Crippen molar-refractivity contribution in [3.05, 3.63) is 24.3 Å². The third-order valence-corrected chi connectivity index (χ3v) is 4.78. The summed E-state index contributed by atoms with van der Waals surface area (Å²) in [5, 5.41) is 0. The molecule has 1 aliphatic heterocycles. The minimum atomic E-state index is -0.584. The Bertz CT molecular complexity index is 686. The molecular formula is C21H33N3O4. The van der Waals surface area contributed by atoms with Crippen LogP contribution >= 0.6 is 0 Å². The molecule has 156 valence electrons. The van der Waals surface area contributed by atoms with Gasteiger partial charge in [0.05, 0.1) is 12.8 Å². The van der Waals surface area contributed by atoms with Gasteiger partial charge in [0, 0.05) is 32.7 Å². The molecule has 7 nitrogen and oxygen atoms in total. The number of anilines is 1. The second-order valence-corrected chi connectivity index (χ2v) is 8.22. The fourth-order valence-corrected chi connectivity index (χ4v) is 3.26. The van der Waals surface area contributed by atoms with Crippen molar-refractivity contribution < 1.29 is 19.1 Å². The minimum Gasteiger partial charge on any atom is -0.495 e. The molecule has 0 aliphatic carbocycles. The van der Waals surface area contributed by atoms with Gasteiger partial charge in [-0.1, -0.05) is 12.1 Å². The lowest BCUT2D eigenvalue weighted by Crippen LogP contribution is -2.46. The topological polar surface area (TPSA) is 62.3 Å². The molecule has 1 fully saturated rings. The normalized spacial score (nSPS) is 17.7. The van der Waals surface area contributed by atoms with Crippen molar-refractivity contribution in [3.8, 4) is 5.75 Å². The number of ether oxygens (including phenoxy) is 2. The van der Waals surface area contributed by atoms with Gasteiger partial charge in [-0.15, -0.1) is 0 Å². The maximum absolute atomic E-state index is 12.8. The second-order valence-electron chi connectivity index (χ2n) is 8.22. The zero-order chi connectivity index (χ0) is 20.9. The van der Waals surface area contributed by atoms with E-state index >= 15 is 0 Å². The Morgan fingerprint density at radius 3 is 2.50 bits per heavy atom. The minimum absolute atomic E-state index is 0.00785. The number of methoxy groups -OCH3 is 1. The van der Waals surface area contributed by atoms with E-state index < -0.39 is 11.7 Å². The van der Waals surface area contributed by atoms with Crippen LogP contribution in [0.15, 0.2) is 24.3 Å². The lowest BCUT2D eigenvalue weighted by atomic mass is 10.2. The van der Waals surface area contributed by atoms with Crippen molar-refractivity contribution in [1.29, 1.82) is 0 Å². The first-order valence-corrected chi connectivity index (χ1v) is 9.74. The first kappa shape index (κ1) is 21.9. The molecule has 0 saturated carbocycles. The van der Waals surface area contributed by atoms with Crippen LogP contribution in [0.25, 0.3) is 0 Å².